The number of amides is 1. The zero-order chi connectivity index (χ0) is 16.9. The molecule has 0 spiro atoms. The Morgan fingerprint density at radius 3 is 3.12 bits per heavy atom. The first kappa shape index (κ1) is 17.0. The molecule has 2 aromatic rings. The third kappa shape index (κ3) is 3.97. The number of carbonyl (C=O) groups excluding carboxylic acids is 1. The van der Waals surface area contributed by atoms with E-state index in [2.05, 4.69) is 4.98 Å². The summed E-state index contributed by atoms with van der Waals surface area (Å²) in [6.07, 6.45) is 5.30. The molecule has 0 radical (unpaired) electrons. The Morgan fingerprint density at radius 1 is 1.46 bits per heavy atom. The number of methoxy groups -OCH3 is 1. The molecular formula is C18H21ClN2O3. The number of oxazole rings is 1. The molecule has 128 valence electrons. The maximum absolute atomic E-state index is 12.2. The molecule has 5 nitrogen and oxygen atoms in total. The summed E-state index contributed by atoms with van der Waals surface area (Å²) in [7, 11) is 1.53. The fraction of sp³-hybridized carbons (Fsp3) is 0.444. The topological polar surface area (TPSA) is 55.6 Å². The summed E-state index contributed by atoms with van der Waals surface area (Å²) in [6.45, 7) is 0.811. The standard InChI is InChI=1S/C18H21ClN2O3/c1-23-12-17(22)21-8-3-2-7-16(21)18-20-11-15(24-18)10-13-5-4-6-14(19)9-13/h4-6,9,11,16H,2-3,7-8,10,12H2,1H3/t16-/m0/s1. The summed E-state index contributed by atoms with van der Waals surface area (Å²) in [5.74, 6) is 1.37. The number of hydrogen-bond donors (Lipinski definition) is 0. The molecule has 1 aromatic carbocycles. The lowest BCUT2D eigenvalue weighted by atomic mass is 10.0. The van der Waals surface area contributed by atoms with E-state index in [1.807, 2.05) is 29.2 Å². The van der Waals surface area contributed by atoms with Gasteiger partial charge in [0.1, 0.15) is 18.4 Å². The molecule has 0 bridgehead atoms. The number of halogens is 1. The van der Waals surface area contributed by atoms with Crippen LogP contribution in [-0.4, -0.2) is 36.1 Å². The van der Waals surface area contributed by atoms with E-state index in [4.69, 9.17) is 20.8 Å². The molecule has 3 rings (SSSR count). The lowest BCUT2D eigenvalue weighted by Crippen LogP contribution is -2.40. The van der Waals surface area contributed by atoms with Crippen LogP contribution in [0.15, 0.2) is 34.9 Å². The average molecular weight is 349 g/mol. The first-order chi connectivity index (χ1) is 11.7. The molecule has 1 aliphatic heterocycles. The van der Waals surface area contributed by atoms with Gasteiger partial charge in [0.15, 0.2) is 0 Å². The van der Waals surface area contributed by atoms with Crippen molar-refractivity contribution in [2.75, 3.05) is 20.3 Å². The van der Waals surface area contributed by atoms with Crippen molar-refractivity contribution in [1.82, 2.24) is 9.88 Å². The third-order valence-corrected chi connectivity index (χ3v) is 4.45. The van der Waals surface area contributed by atoms with Crippen molar-refractivity contribution < 1.29 is 13.9 Å². The van der Waals surface area contributed by atoms with E-state index in [-0.39, 0.29) is 18.6 Å². The van der Waals surface area contributed by atoms with Gasteiger partial charge in [-0.3, -0.25) is 4.79 Å². The van der Waals surface area contributed by atoms with Gasteiger partial charge in [-0.15, -0.1) is 0 Å². The number of hydrogen-bond acceptors (Lipinski definition) is 4. The van der Waals surface area contributed by atoms with Crippen LogP contribution in [-0.2, 0) is 16.0 Å². The molecule has 1 aliphatic rings. The van der Waals surface area contributed by atoms with Crippen LogP contribution < -0.4 is 0 Å². The summed E-state index contributed by atoms with van der Waals surface area (Å²) in [4.78, 5) is 18.5. The Labute approximate surface area is 146 Å². The Kier molecular flexibility index (Phi) is 5.53. The minimum atomic E-state index is -0.102. The predicted molar refractivity (Wildman–Crippen MR) is 90.9 cm³/mol. The van der Waals surface area contributed by atoms with Crippen molar-refractivity contribution in [2.45, 2.75) is 31.7 Å². The molecule has 0 unspecified atom stereocenters. The van der Waals surface area contributed by atoms with Gasteiger partial charge in [0.2, 0.25) is 11.8 Å². The van der Waals surface area contributed by atoms with Crippen molar-refractivity contribution in [1.29, 1.82) is 0 Å². The second kappa shape index (κ2) is 7.81. The van der Waals surface area contributed by atoms with Crippen LogP contribution in [0.2, 0.25) is 5.02 Å². The molecule has 24 heavy (non-hydrogen) atoms. The van der Waals surface area contributed by atoms with E-state index in [0.29, 0.717) is 17.3 Å². The number of piperidine rings is 1. The first-order valence-corrected chi connectivity index (χ1v) is 8.52. The smallest absolute Gasteiger partial charge is 0.249 e. The fourth-order valence-electron chi connectivity index (χ4n) is 3.10. The molecule has 0 N–H and O–H groups in total. The Morgan fingerprint density at radius 2 is 2.33 bits per heavy atom. The highest BCUT2D eigenvalue weighted by atomic mass is 35.5. The van der Waals surface area contributed by atoms with Gasteiger partial charge in [0.05, 0.1) is 6.20 Å². The van der Waals surface area contributed by atoms with Gasteiger partial charge in [-0.05, 0) is 37.0 Å². The number of likely N-dealkylation sites (tertiary alicyclic amines) is 1. The zero-order valence-corrected chi connectivity index (χ0v) is 14.5. The van der Waals surface area contributed by atoms with E-state index in [1.54, 1.807) is 6.20 Å². The third-order valence-electron chi connectivity index (χ3n) is 4.21. The normalized spacial score (nSPS) is 17.9. The molecule has 6 heteroatoms. The van der Waals surface area contributed by atoms with Crippen LogP contribution in [0.3, 0.4) is 0 Å². The second-order valence-electron chi connectivity index (χ2n) is 6.00. The zero-order valence-electron chi connectivity index (χ0n) is 13.7. The summed E-state index contributed by atoms with van der Waals surface area (Å²) < 4.78 is 10.9. The van der Waals surface area contributed by atoms with Crippen molar-refractivity contribution in [3.05, 3.63) is 52.7 Å². The Bertz CT molecular complexity index is 701. The monoisotopic (exact) mass is 348 g/mol. The summed E-state index contributed by atoms with van der Waals surface area (Å²) in [5, 5.41) is 0.704. The molecule has 1 aromatic heterocycles. The van der Waals surface area contributed by atoms with Gasteiger partial charge < -0.3 is 14.1 Å². The van der Waals surface area contributed by atoms with Crippen molar-refractivity contribution in [3.8, 4) is 0 Å². The predicted octanol–water partition coefficient (Wildman–Crippen LogP) is 3.62. The number of rotatable bonds is 5. The summed E-state index contributed by atoms with van der Waals surface area (Å²) >= 11 is 6.02. The number of nitrogens with zero attached hydrogens (tertiary/aromatic N) is 2. The quantitative estimate of drug-likeness (QED) is 0.828. The van der Waals surface area contributed by atoms with Crippen LogP contribution in [0.5, 0.6) is 0 Å². The highest BCUT2D eigenvalue weighted by Gasteiger charge is 2.31. The maximum Gasteiger partial charge on any atom is 0.249 e. The molecule has 1 amide bonds. The maximum atomic E-state index is 12.2. The SMILES string of the molecule is COCC(=O)N1CCCC[C@H]1c1ncc(Cc2cccc(Cl)c2)o1. The molecule has 0 aliphatic carbocycles. The van der Waals surface area contributed by atoms with Crippen LogP contribution >= 0.6 is 11.6 Å². The average Bonchev–Trinajstić information content (AvgIpc) is 3.03. The van der Waals surface area contributed by atoms with Crippen molar-refractivity contribution in [3.63, 3.8) is 0 Å². The Hall–Kier alpha value is -1.85. The minimum absolute atomic E-state index is 0.0169. The van der Waals surface area contributed by atoms with Crippen LogP contribution in [0.25, 0.3) is 0 Å². The molecule has 1 saturated heterocycles. The second-order valence-corrected chi connectivity index (χ2v) is 6.44. The minimum Gasteiger partial charge on any atom is -0.443 e. The van der Waals surface area contributed by atoms with Gasteiger partial charge >= 0.3 is 0 Å². The number of aromatic nitrogens is 1. The van der Waals surface area contributed by atoms with E-state index in [0.717, 1.165) is 37.1 Å². The van der Waals surface area contributed by atoms with E-state index >= 15 is 0 Å². The largest absolute Gasteiger partial charge is 0.443 e. The first-order valence-electron chi connectivity index (χ1n) is 8.15. The number of ether oxygens (including phenoxy) is 1. The fourth-order valence-corrected chi connectivity index (χ4v) is 3.31. The number of carbonyl (C=O) groups is 1. The lowest BCUT2D eigenvalue weighted by Gasteiger charge is -2.33. The van der Waals surface area contributed by atoms with Gasteiger partial charge in [-0.2, -0.15) is 0 Å². The molecule has 0 saturated carbocycles. The summed E-state index contributed by atoms with van der Waals surface area (Å²) in [6, 6.07) is 7.58. The van der Waals surface area contributed by atoms with Crippen LogP contribution in [0, 0.1) is 0 Å². The van der Waals surface area contributed by atoms with Crippen molar-refractivity contribution in [2.24, 2.45) is 0 Å². The van der Waals surface area contributed by atoms with Gasteiger partial charge in [0.25, 0.3) is 0 Å². The molecule has 1 atom stereocenters. The van der Waals surface area contributed by atoms with E-state index in [9.17, 15) is 4.79 Å². The molecule has 2 heterocycles. The number of benzene rings is 1. The molecular weight excluding hydrogens is 328 g/mol. The van der Waals surface area contributed by atoms with Crippen LogP contribution in [0.1, 0.15) is 42.5 Å². The van der Waals surface area contributed by atoms with Gasteiger partial charge in [-0.25, -0.2) is 4.98 Å². The van der Waals surface area contributed by atoms with E-state index in [1.165, 1.54) is 7.11 Å². The highest BCUT2D eigenvalue weighted by Crippen LogP contribution is 2.31. The summed E-state index contributed by atoms with van der Waals surface area (Å²) in [5.41, 5.74) is 1.07. The van der Waals surface area contributed by atoms with Gasteiger partial charge in [-0.1, -0.05) is 23.7 Å². The van der Waals surface area contributed by atoms with E-state index < -0.39 is 0 Å². The highest BCUT2D eigenvalue weighted by molar-refractivity contribution is 6.30. The van der Waals surface area contributed by atoms with Gasteiger partial charge in [0, 0.05) is 25.1 Å². The van der Waals surface area contributed by atoms with Crippen molar-refractivity contribution >= 4 is 17.5 Å². The van der Waals surface area contributed by atoms with Crippen LogP contribution in [0.4, 0.5) is 0 Å². The lowest BCUT2D eigenvalue weighted by molar-refractivity contribution is -0.139. The Balaban J connectivity index is 1.74. The molecule has 1 fully saturated rings.